The zero-order valence-corrected chi connectivity index (χ0v) is 11.4. The summed E-state index contributed by atoms with van der Waals surface area (Å²) in [5.41, 5.74) is 0. The van der Waals surface area contributed by atoms with Crippen LogP contribution >= 0.6 is 0 Å². The van der Waals surface area contributed by atoms with Gasteiger partial charge in [-0.15, -0.1) is 0 Å². The lowest BCUT2D eigenvalue weighted by Crippen LogP contribution is -2.40. The van der Waals surface area contributed by atoms with Crippen LogP contribution < -0.4 is 10.0 Å². The Hall–Kier alpha value is -0.130. The molecule has 0 aromatic carbocycles. The van der Waals surface area contributed by atoms with E-state index in [1.807, 2.05) is 6.92 Å². The quantitative estimate of drug-likeness (QED) is 0.752. The Morgan fingerprint density at radius 1 is 1.29 bits per heavy atom. The van der Waals surface area contributed by atoms with Crippen molar-refractivity contribution < 1.29 is 8.42 Å². The predicted octanol–water partition coefficient (Wildman–Crippen LogP) is 1.09. The molecule has 1 heterocycles. The van der Waals surface area contributed by atoms with E-state index >= 15 is 0 Å². The topological polar surface area (TPSA) is 58.2 Å². The summed E-state index contributed by atoms with van der Waals surface area (Å²) >= 11 is 0. The lowest BCUT2D eigenvalue weighted by molar-refractivity contribution is 0.401. The van der Waals surface area contributed by atoms with Gasteiger partial charge >= 0.3 is 0 Å². The van der Waals surface area contributed by atoms with Crippen molar-refractivity contribution in [1.29, 1.82) is 0 Å². The lowest BCUT2D eigenvalue weighted by Gasteiger charge is -2.23. The van der Waals surface area contributed by atoms with Gasteiger partial charge in [0.25, 0.3) is 0 Å². The highest BCUT2D eigenvalue weighted by molar-refractivity contribution is 7.89. The maximum absolute atomic E-state index is 12.0. The second-order valence-corrected chi connectivity index (χ2v) is 7.49. The number of sulfonamides is 1. The van der Waals surface area contributed by atoms with Crippen LogP contribution in [0.1, 0.15) is 39.0 Å². The Morgan fingerprint density at radius 2 is 2.06 bits per heavy atom. The van der Waals surface area contributed by atoms with E-state index in [1.54, 1.807) is 0 Å². The summed E-state index contributed by atoms with van der Waals surface area (Å²) in [6, 6.07) is 0.101. The summed E-state index contributed by atoms with van der Waals surface area (Å²) in [4.78, 5) is 0. The minimum Gasteiger partial charge on any atom is -0.316 e. The maximum Gasteiger partial charge on any atom is 0.212 e. The van der Waals surface area contributed by atoms with Crippen molar-refractivity contribution in [2.75, 3.05) is 18.8 Å². The van der Waals surface area contributed by atoms with Crippen LogP contribution in [-0.4, -0.2) is 33.3 Å². The summed E-state index contributed by atoms with van der Waals surface area (Å²) in [7, 11) is -3.09. The van der Waals surface area contributed by atoms with Crippen LogP contribution in [-0.2, 0) is 10.0 Å². The highest BCUT2D eigenvalue weighted by Gasteiger charge is 2.27. The van der Waals surface area contributed by atoms with Gasteiger partial charge in [0.1, 0.15) is 0 Å². The molecule has 100 valence electrons. The molecular weight excluding hydrogens is 236 g/mol. The molecule has 1 aliphatic carbocycles. The molecule has 0 aromatic rings. The van der Waals surface area contributed by atoms with E-state index in [-0.39, 0.29) is 17.7 Å². The molecule has 1 saturated heterocycles. The first kappa shape index (κ1) is 13.3. The van der Waals surface area contributed by atoms with Gasteiger partial charge in [0, 0.05) is 6.04 Å². The van der Waals surface area contributed by atoms with E-state index in [1.165, 1.54) is 12.8 Å². The SMILES string of the molecule is CC(CC1CC1)NS(=O)(=O)CC1CCCNC1. The zero-order valence-electron chi connectivity index (χ0n) is 10.6. The fourth-order valence-electron chi connectivity index (χ4n) is 2.63. The maximum atomic E-state index is 12.0. The first-order chi connectivity index (χ1) is 8.05. The van der Waals surface area contributed by atoms with E-state index in [9.17, 15) is 8.42 Å². The largest absolute Gasteiger partial charge is 0.316 e. The van der Waals surface area contributed by atoms with Gasteiger partial charge < -0.3 is 5.32 Å². The Bertz CT molecular complexity index is 332. The molecule has 0 radical (unpaired) electrons. The van der Waals surface area contributed by atoms with E-state index in [0.29, 0.717) is 0 Å². The van der Waals surface area contributed by atoms with Crippen molar-refractivity contribution in [1.82, 2.24) is 10.0 Å². The molecule has 0 aromatic heterocycles. The van der Waals surface area contributed by atoms with E-state index in [4.69, 9.17) is 0 Å². The van der Waals surface area contributed by atoms with Crippen LogP contribution in [0.4, 0.5) is 0 Å². The minimum absolute atomic E-state index is 0.101. The van der Waals surface area contributed by atoms with Crippen molar-refractivity contribution in [2.24, 2.45) is 11.8 Å². The van der Waals surface area contributed by atoms with Gasteiger partial charge in [-0.2, -0.15) is 0 Å². The summed E-state index contributed by atoms with van der Waals surface area (Å²) in [5.74, 6) is 1.34. The normalized spacial score (nSPS) is 27.9. The Morgan fingerprint density at radius 3 is 2.65 bits per heavy atom. The van der Waals surface area contributed by atoms with Gasteiger partial charge in [0.15, 0.2) is 0 Å². The summed E-state index contributed by atoms with van der Waals surface area (Å²) in [6.45, 7) is 3.86. The average Bonchev–Trinajstić information content (AvgIpc) is 3.01. The third-order valence-corrected chi connectivity index (χ3v) is 5.29. The Labute approximate surface area is 105 Å². The van der Waals surface area contributed by atoms with Crippen LogP contribution in [0.3, 0.4) is 0 Å². The van der Waals surface area contributed by atoms with Crippen molar-refractivity contribution in [3.8, 4) is 0 Å². The second kappa shape index (κ2) is 5.67. The van der Waals surface area contributed by atoms with Crippen molar-refractivity contribution in [3.63, 3.8) is 0 Å². The zero-order chi connectivity index (χ0) is 12.3. The number of rotatable bonds is 6. The molecule has 2 N–H and O–H groups in total. The number of nitrogens with one attached hydrogen (secondary N) is 2. The molecule has 2 atom stereocenters. The van der Waals surface area contributed by atoms with Gasteiger partial charge in [-0.3, -0.25) is 0 Å². The van der Waals surface area contributed by atoms with Gasteiger partial charge in [-0.1, -0.05) is 12.8 Å². The molecule has 2 unspecified atom stereocenters. The molecule has 2 aliphatic rings. The molecule has 2 fully saturated rings. The molecule has 4 nitrogen and oxygen atoms in total. The Balaban J connectivity index is 1.75. The van der Waals surface area contributed by atoms with Crippen LogP contribution in [0.15, 0.2) is 0 Å². The summed E-state index contributed by atoms with van der Waals surface area (Å²) < 4.78 is 26.8. The number of hydrogen-bond acceptors (Lipinski definition) is 3. The van der Waals surface area contributed by atoms with E-state index in [0.717, 1.165) is 38.3 Å². The van der Waals surface area contributed by atoms with Crippen LogP contribution in [0.2, 0.25) is 0 Å². The lowest BCUT2D eigenvalue weighted by atomic mass is 10.0. The number of piperidine rings is 1. The monoisotopic (exact) mass is 260 g/mol. The van der Waals surface area contributed by atoms with Gasteiger partial charge in [-0.25, -0.2) is 13.1 Å². The fourth-order valence-corrected chi connectivity index (χ4v) is 4.34. The Kier molecular flexibility index (Phi) is 4.44. The average molecular weight is 260 g/mol. The molecule has 2 rings (SSSR count). The molecule has 0 spiro atoms. The smallest absolute Gasteiger partial charge is 0.212 e. The third-order valence-electron chi connectivity index (χ3n) is 3.62. The van der Waals surface area contributed by atoms with Crippen LogP contribution in [0.5, 0.6) is 0 Å². The number of hydrogen-bond donors (Lipinski definition) is 2. The molecule has 5 heteroatoms. The predicted molar refractivity (Wildman–Crippen MR) is 69.3 cm³/mol. The first-order valence-corrected chi connectivity index (χ1v) is 8.41. The molecule has 1 saturated carbocycles. The summed E-state index contributed by atoms with van der Waals surface area (Å²) in [6.07, 6.45) is 5.68. The fraction of sp³-hybridized carbons (Fsp3) is 1.00. The minimum atomic E-state index is -3.09. The molecule has 0 bridgehead atoms. The van der Waals surface area contributed by atoms with Crippen LogP contribution in [0.25, 0.3) is 0 Å². The molecular formula is C12H24N2O2S. The van der Waals surface area contributed by atoms with Crippen molar-refractivity contribution in [3.05, 3.63) is 0 Å². The molecule has 0 amide bonds. The third kappa shape index (κ3) is 4.94. The summed E-state index contributed by atoms with van der Waals surface area (Å²) in [5, 5.41) is 3.26. The van der Waals surface area contributed by atoms with Crippen LogP contribution in [0, 0.1) is 11.8 Å². The van der Waals surface area contributed by atoms with Crippen molar-refractivity contribution in [2.45, 2.75) is 45.1 Å². The highest BCUT2D eigenvalue weighted by atomic mass is 32.2. The van der Waals surface area contributed by atoms with E-state index in [2.05, 4.69) is 10.0 Å². The first-order valence-electron chi connectivity index (χ1n) is 6.76. The second-order valence-electron chi connectivity index (χ2n) is 5.69. The molecule has 17 heavy (non-hydrogen) atoms. The molecule has 1 aliphatic heterocycles. The van der Waals surface area contributed by atoms with Gasteiger partial charge in [-0.05, 0) is 51.1 Å². The van der Waals surface area contributed by atoms with Gasteiger partial charge in [0.2, 0.25) is 10.0 Å². The van der Waals surface area contributed by atoms with Crippen molar-refractivity contribution >= 4 is 10.0 Å². The highest BCUT2D eigenvalue weighted by Crippen LogP contribution is 2.33. The van der Waals surface area contributed by atoms with E-state index < -0.39 is 10.0 Å². The standard InChI is InChI=1S/C12H24N2O2S/c1-10(7-11-4-5-11)14-17(15,16)9-12-3-2-6-13-8-12/h10-14H,2-9H2,1H3. The van der Waals surface area contributed by atoms with Gasteiger partial charge in [0.05, 0.1) is 5.75 Å².